The molecule has 0 aromatic carbocycles. The quantitative estimate of drug-likeness (QED) is 0.446. The lowest BCUT2D eigenvalue weighted by Gasteiger charge is -1.97. The molecule has 0 saturated heterocycles. The first-order chi connectivity index (χ1) is 2.81. The van der Waals surface area contributed by atoms with Gasteiger partial charge in [-0.2, -0.15) is 0 Å². The van der Waals surface area contributed by atoms with Crippen molar-refractivity contribution in [2.24, 2.45) is 0 Å². The molecule has 6 heavy (non-hydrogen) atoms. The molecule has 0 aliphatic heterocycles. The topological polar surface area (TPSA) is 18.5 Å². The lowest BCUT2D eigenvalue weighted by molar-refractivity contribution is 0.290. The van der Waals surface area contributed by atoms with Crippen molar-refractivity contribution < 1.29 is 9.31 Å². The van der Waals surface area contributed by atoms with Crippen molar-refractivity contribution >= 4 is 7.12 Å². The molecule has 0 N–H and O–H groups in total. The van der Waals surface area contributed by atoms with Gasteiger partial charge in [-0.1, -0.05) is 0 Å². The molecule has 0 heterocycles. The average molecular weight is 86.9 g/mol. The highest BCUT2D eigenvalue weighted by atomic mass is 16.6. The molecule has 2 nitrogen and oxygen atoms in total. The molecule has 0 aromatic rings. The third-order valence-corrected chi connectivity index (χ3v) is 0.526. The smallest absolute Gasteiger partial charge is 0.414 e. The summed E-state index contributed by atoms with van der Waals surface area (Å²) in [4.78, 5) is 0. The van der Waals surface area contributed by atoms with Gasteiger partial charge in [-0.05, 0) is 6.82 Å². The van der Waals surface area contributed by atoms with Gasteiger partial charge in [-0.3, -0.25) is 0 Å². The van der Waals surface area contributed by atoms with Crippen LogP contribution in [-0.2, 0) is 9.31 Å². The summed E-state index contributed by atoms with van der Waals surface area (Å²) < 4.78 is 9.13. The monoisotopic (exact) mass is 87.1 g/mol. The van der Waals surface area contributed by atoms with Gasteiger partial charge in [0.2, 0.25) is 0 Å². The Labute approximate surface area is 38.6 Å². The first kappa shape index (κ1) is 5.98. The van der Waals surface area contributed by atoms with Crippen LogP contribution < -0.4 is 0 Å². The van der Waals surface area contributed by atoms with Crippen LogP contribution in [0.5, 0.6) is 0 Å². The molecular weight excluding hydrogens is 78.8 g/mol. The summed E-state index contributed by atoms with van der Waals surface area (Å²) in [7, 11) is 2.77. The van der Waals surface area contributed by atoms with Gasteiger partial charge in [-0.25, -0.2) is 0 Å². The normalized spacial score (nSPS) is 8.50. The van der Waals surface area contributed by atoms with Crippen molar-refractivity contribution in [1.29, 1.82) is 0 Å². The summed E-state index contributed by atoms with van der Waals surface area (Å²) in [5, 5.41) is 0. The molecule has 35 valence electrons. The van der Waals surface area contributed by atoms with Crippen molar-refractivity contribution in [1.82, 2.24) is 0 Å². The van der Waals surface area contributed by atoms with Crippen LogP contribution in [0.1, 0.15) is 0 Å². The fourth-order valence-corrected chi connectivity index (χ4v) is 0.0962. The Hall–Kier alpha value is -0.0151. The third-order valence-electron chi connectivity index (χ3n) is 0.526. The van der Waals surface area contributed by atoms with Gasteiger partial charge >= 0.3 is 7.12 Å². The second-order valence-corrected chi connectivity index (χ2v) is 0.901. The van der Waals surface area contributed by atoms with Crippen LogP contribution in [0.4, 0.5) is 0 Å². The van der Waals surface area contributed by atoms with Crippen LogP contribution in [-0.4, -0.2) is 21.3 Å². The summed E-state index contributed by atoms with van der Waals surface area (Å²) in [6.45, 7) is 3.43. The van der Waals surface area contributed by atoms with Crippen LogP contribution in [0.2, 0.25) is 0 Å². The van der Waals surface area contributed by atoms with Gasteiger partial charge in [-0.15, -0.1) is 0 Å². The molecule has 0 amide bonds. The zero-order valence-electron chi connectivity index (χ0n) is 4.10. The number of hydrogen-bond donors (Lipinski definition) is 0. The number of rotatable bonds is 2. The van der Waals surface area contributed by atoms with E-state index >= 15 is 0 Å². The molecule has 0 bridgehead atoms. The lowest BCUT2D eigenvalue weighted by Crippen LogP contribution is -2.13. The molecule has 0 unspecified atom stereocenters. The molecule has 0 aliphatic carbocycles. The van der Waals surface area contributed by atoms with Crippen LogP contribution in [0.15, 0.2) is 0 Å². The Morgan fingerprint density at radius 2 is 1.67 bits per heavy atom. The van der Waals surface area contributed by atoms with Crippen molar-refractivity contribution in [3.05, 3.63) is 6.82 Å². The molecule has 0 spiro atoms. The Morgan fingerprint density at radius 3 is 1.67 bits per heavy atom. The highest BCUT2D eigenvalue weighted by Gasteiger charge is 2.00. The summed E-state index contributed by atoms with van der Waals surface area (Å²) >= 11 is 0. The van der Waals surface area contributed by atoms with Gasteiger partial charge < -0.3 is 9.31 Å². The Kier molecular flexibility index (Phi) is 3.18. The first-order valence-electron chi connectivity index (χ1n) is 1.70. The zero-order chi connectivity index (χ0) is 4.99. The van der Waals surface area contributed by atoms with Crippen LogP contribution >= 0.6 is 0 Å². The maximum Gasteiger partial charge on any atom is 0.455 e. The highest BCUT2D eigenvalue weighted by molar-refractivity contribution is 6.46. The first-order valence-corrected chi connectivity index (χ1v) is 1.70. The maximum absolute atomic E-state index is 4.57. The van der Waals surface area contributed by atoms with E-state index in [0.29, 0.717) is 0 Å². The van der Waals surface area contributed by atoms with E-state index in [4.69, 9.17) is 0 Å². The lowest BCUT2D eigenvalue weighted by atomic mass is 9.96. The van der Waals surface area contributed by atoms with Crippen LogP contribution in [0, 0.1) is 6.82 Å². The second kappa shape index (κ2) is 3.19. The molecule has 3 heteroatoms. The Bertz CT molecular complexity index is 28.0. The zero-order valence-corrected chi connectivity index (χ0v) is 4.10. The Morgan fingerprint density at radius 1 is 1.33 bits per heavy atom. The van der Waals surface area contributed by atoms with E-state index in [-0.39, 0.29) is 7.12 Å². The molecule has 0 aromatic heterocycles. The van der Waals surface area contributed by atoms with E-state index < -0.39 is 0 Å². The van der Waals surface area contributed by atoms with Crippen molar-refractivity contribution in [2.75, 3.05) is 14.2 Å². The minimum atomic E-state index is -0.315. The van der Waals surface area contributed by atoms with Gasteiger partial charge in [0.25, 0.3) is 0 Å². The van der Waals surface area contributed by atoms with E-state index in [9.17, 15) is 0 Å². The number of hydrogen-bond acceptors (Lipinski definition) is 2. The largest absolute Gasteiger partial charge is 0.455 e. The van der Waals surface area contributed by atoms with Gasteiger partial charge in [0.1, 0.15) is 0 Å². The Balaban J connectivity index is 2.75. The van der Waals surface area contributed by atoms with Gasteiger partial charge in [0, 0.05) is 14.2 Å². The summed E-state index contributed by atoms with van der Waals surface area (Å²) in [6.07, 6.45) is 0. The van der Waals surface area contributed by atoms with E-state index in [1.165, 1.54) is 0 Å². The predicted molar refractivity (Wildman–Crippen MR) is 25.1 cm³/mol. The van der Waals surface area contributed by atoms with E-state index in [1.54, 1.807) is 14.2 Å². The minimum absolute atomic E-state index is 0.315. The van der Waals surface area contributed by atoms with Crippen LogP contribution in [0.25, 0.3) is 0 Å². The van der Waals surface area contributed by atoms with Gasteiger partial charge in [0.05, 0.1) is 0 Å². The maximum atomic E-state index is 4.57. The summed E-state index contributed by atoms with van der Waals surface area (Å²) in [5.41, 5.74) is 0. The second-order valence-electron chi connectivity index (χ2n) is 0.901. The summed E-state index contributed by atoms with van der Waals surface area (Å²) in [6, 6.07) is 0. The molecule has 0 rings (SSSR count). The summed E-state index contributed by atoms with van der Waals surface area (Å²) in [5.74, 6) is 0. The third kappa shape index (κ3) is 2.24. The average Bonchev–Trinajstić information content (AvgIpc) is 1.65. The minimum Gasteiger partial charge on any atom is -0.414 e. The molecule has 1 radical (unpaired) electrons. The van der Waals surface area contributed by atoms with E-state index in [2.05, 4.69) is 16.1 Å². The fraction of sp³-hybridized carbons (Fsp3) is 0.667. The molecule has 0 fully saturated rings. The fourth-order valence-electron chi connectivity index (χ4n) is 0.0962. The molecular formula is C3H8BO2. The molecule has 0 aliphatic rings. The van der Waals surface area contributed by atoms with E-state index in [0.717, 1.165) is 0 Å². The van der Waals surface area contributed by atoms with E-state index in [1.807, 2.05) is 0 Å². The highest BCUT2D eigenvalue weighted by Crippen LogP contribution is 1.75. The van der Waals surface area contributed by atoms with Crippen molar-refractivity contribution in [2.45, 2.75) is 0 Å². The van der Waals surface area contributed by atoms with Gasteiger partial charge in [0.15, 0.2) is 0 Å². The molecule has 0 atom stereocenters. The van der Waals surface area contributed by atoms with Crippen LogP contribution in [0.3, 0.4) is 0 Å². The van der Waals surface area contributed by atoms with Crippen molar-refractivity contribution in [3.8, 4) is 0 Å². The molecule has 0 saturated carbocycles. The predicted octanol–water partition coefficient (Wildman–Crippen LogP) is 0.141. The standard InChI is InChI=1S/C3H8BO2/c1-4(5-2)6-3/h1H2,2-3H3. The SMILES string of the molecule is [CH2]B(OC)OC. The van der Waals surface area contributed by atoms with Crippen molar-refractivity contribution in [3.63, 3.8) is 0 Å².